The Morgan fingerprint density at radius 3 is 2.68 bits per heavy atom. The van der Waals surface area contributed by atoms with Crippen LogP contribution in [0.4, 0.5) is 10.5 Å². The maximum Gasteiger partial charge on any atom is 0.330 e. The van der Waals surface area contributed by atoms with Gasteiger partial charge < -0.3 is 15.4 Å². The van der Waals surface area contributed by atoms with Gasteiger partial charge in [0, 0.05) is 10.5 Å². The van der Waals surface area contributed by atoms with Crippen molar-refractivity contribution in [2.75, 3.05) is 4.90 Å². The van der Waals surface area contributed by atoms with E-state index in [2.05, 4.69) is 10.6 Å². The summed E-state index contributed by atoms with van der Waals surface area (Å²) < 4.78 is 5.93. The summed E-state index contributed by atoms with van der Waals surface area (Å²) in [5.41, 5.74) is 4.80. The van der Waals surface area contributed by atoms with Crippen molar-refractivity contribution in [3.63, 3.8) is 0 Å². The fourth-order valence-electron chi connectivity index (χ4n) is 3.73. The summed E-state index contributed by atoms with van der Waals surface area (Å²) >= 11 is 1.73. The fourth-order valence-corrected chi connectivity index (χ4v) is 4.86. The quantitative estimate of drug-likeness (QED) is 0.776. The van der Waals surface area contributed by atoms with Crippen LogP contribution in [0.1, 0.15) is 12.5 Å². The van der Waals surface area contributed by atoms with Crippen molar-refractivity contribution >= 4 is 23.5 Å². The molecule has 3 aliphatic rings. The Hall–Kier alpha value is -3.12. The van der Waals surface area contributed by atoms with Crippen LogP contribution in [0.3, 0.4) is 0 Å². The second-order valence-corrected chi connectivity index (χ2v) is 8.18. The van der Waals surface area contributed by atoms with E-state index in [0.29, 0.717) is 0 Å². The number of hydrogen-bond acceptors (Lipinski definition) is 4. The van der Waals surface area contributed by atoms with Gasteiger partial charge in [-0.05, 0) is 62.0 Å². The highest BCUT2D eigenvalue weighted by molar-refractivity contribution is 8.04. The molecule has 0 fully saturated rings. The van der Waals surface area contributed by atoms with E-state index in [1.807, 2.05) is 74.7 Å². The molecule has 0 spiro atoms. The standard InChI is InChI=1S/C22H19N3O2S/c1-13-12-16(27-15-6-4-3-5-7-15)8-9-17(13)25-18-10-11-23-21-19(18)20(14(2)28-21)24-22(25)26/h3-12,21,23H,1-2H3,(H,24,26). The van der Waals surface area contributed by atoms with Crippen molar-refractivity contribution < 1.29 is 9.53 Å². The molecule has 5 nitrogen and oxygen atoms in total. The number of carbonyl (C=O) groups excluding carboxylic acids is 1. The highest BCUT2D eigenvalue weighted by Gasteiger charge is 2.40. The highest BCUT2D eigenvalue weighted by atomic mass is 32.2. The Morgan fingerprint density at radius 2 is 1.89 bits per heavy atom. The van der Waals surface area contributed by atoms with Crippen LogP contribution in [0, 0.1) is 6.92 Å². The molecule has 140 valence electrons. The van der Waals surface area contributed by atoms with Crippen LogP contribution in [0.25, 0.3) is 0 Å². The summed E-state index contributed by atoms with van der Waals surface area (Å²) in [5.74, 6) is 1.53. The maximum atomic E-state index is 13.0. The number of rotatable bonds is 3. The van der Waals surface area contributed by atoms with Gasteiger partial charge in [0.15, 0.2) is 0 Å². The molecule has 0 aromatic heterocycles. The molecule has 6 heteroatoms. The molecule has 0 radical (unpaired) electrons. The summed E-state index contributed by atoms with van der Waals surface area (Å²) in [6.45, 7) is 4.04. The van der Waals surface area contributed by atoms with Gasteiger partial charge in [0.25, 0.3) is 0 Å². The van der Waals surface area contributed by atoms with Crippen LogP contribution >= 0.6 is 11.8 Å². The van der Waals surface area contributed by atoms with Gasteiger partial charge >= 0.3 is 6.03 Å². The summed E-state index contributed by atoms with van der Waals surface area (Å²) in [6, 6.07) is 15.3. The first kappa shape index (κ1) is 17.0. The molecular formula is C22H19N3O2S. The third-order valence-electron chi connectivity index (χ3n) is 5.01. The van der Waals surface area contributed by atoms with Gasteiger partial charge in [-0.2, -0.15) is 0 Å². The number of nitrogens with zero attached hydrogens (tertiary/aromatic N) is 1. The first-order valence-electron chi connectivity index (χ1n) is 9.11. The largest absolute Gasteiger partial charge is 0.457 e. The van der Waals surface area contributed by atoms with Crippen molar-refractivity contribution in [3.05, 3.63) is 88.2 Å². The Labute approximate surface area is 167 Å². The second-order valence-electron chi connectivity index (χ2n) is 6.86. The van der Waals surface area contributed by atoms with Crippen LogP contribution in [-0.4, -0.2) is 11.4 Å². The number of amides is 2. The normalized spacial score (nSPS) is 20.1. The molecule has 5 rings (SSSR count). The molecule has 0 saturated heterocycles. The molecule has 1 unspecified atom stereocenters. The third-order valence-corrected chi connectivity index (χ3v) is 6.17. The lowest BCUT2D eigenvalue weighted by atomic mass is 10.0. The predicted molar refractivity (Wildman–Crippen MR) is 112 cm³/mol. The van der Waals surface area contributed by atoms with E-state index < -0.39 is 0 Å². The molecule has 2 aromatic carbocycles. The molecule has 0 aliphatic carbocycles. The monoisotopic (exact) mass is 389 g/mol. The number of thioether (sulfide) groups is 1. The Bertz CT molecular complexity index is 1070. The number of urea groups is 1. The van der Waals surface area contributed by atoms with E-state index in [0.717, 1.165) is 44.6 Å². The second kappa shape index (κ2) is 6.49. The van der Waals surface area contributed by atoms with Gasteiger partial charge in [-0.25, -0.2) is 4.79 Å². The highest BCUT2D eigenvalue weighted by Crippen LogP contribution is 2.46. The smallest absolute Gasteiger partial charge is 0.330 e. The number of carbonyl (C=O) groups is 1. The Kier molecular flexibility index (Phi) is 3.94. The van der Waals surface area contributed by atoms with Crippen molar-refractivity contribution in [2.45, 2.75) is 19.2 Å². The summed E-state index contributed by atoms with van der Waals surface area (Å²) in [5, 5.41) is 6.57. The zero-order valence-electron chi connectivity index (χ0n) is 15.5. The van der Waals surface area contributed by atoms with Gasteiger partial charge in [0.2, 0.25) is 0 Å². The number of ether oxygens (including phenoxy) is 1. The molecule has 3 aliphatic heterocycles. The van der Waals surface area contributed by atoms with Crippen LogP contribution in [0.15, 0.2) is 82.7 Å². The molecule has 2 N–H and O–H groups in total. The maximum absolute atomic E-state index is 13.0. The van der Waals surface area contributed by atoms with Crippen LogP contribution in [0.2, 0.25) is 0 Å². The summed E-state index contributed by atoms with van der Waals surface area (Å²) in [6.07, 6.45) is 3.89. The van der Waals surface area contributed by atoms with Gasteiger partial charge in [-0.3, -0.25) is 4.90 Å². The number of anilines is 1. The molecule has 3 heterocycles. The fraction of sp³-hybridized carbons (Fsp3) is 0.136. The SMILES string of the molecule is CC1=C2NC(=O)N(c3ccc(Oc4ccccc4)cc3C)C3=C2C(NC=C3)S1. The number of dihydropyridines is 1. The topological polar surface area (TPSA) is 53.6 Å². The first-order valence-corrected chi connectivity index (χ1v) is 9.99. The lowest BCUT2D eigenvalue weighted by Gasteiger charge is -2.35. The van der Waals surface area contributed by atoms with Crippen molar-refractivity contribution in [2.24, 2.45) is 0 Å². The van der Waals surface area contributed by atoms with E-state index in [1.54, 1.807) is 16.7 Å². The molecule has 28 heavy (non-hydrogen) atoms. The average Bonchev–Trinajstić information content (AvgIpc) is 3.00. The third kappa shape index (κ3) is 2.68. The van der Waals surface area contributed by atoms with E-state index in [-0.39, 0.29) is 11.4 Å². The minimum absolute atomic E-state index is 0.138. The zero-order valence-corrected chi connectivity index (χ0v) is 16.3. The summed E-state index contributed by atoms with van der Waals surface area (Å²) in [7, 11) is 0. The van der Waals surface area contributed by atoms with E-state index >= 15 is 0 Å². The lowest BCUT2D eigenvalue weighted by Crippen LogP contribution is -2.47. The molecule has 2 aromatic rings. The van der Waals surface area contributed by atoms with Crippen molar-refractivity contribution in [1.29, 1.82) is 0 Å². The number of hydrogen-bond donors (Lipinski definition) is 2. The van der Waals surface area contributed by atoms with Gasteiger partial charge in [-0.15, -0.1) is 0 Å². The van der Waals surface area contributed by atoms with E-state index in [4.69, 9.17) is 4.74 Å². The van der Waals surface area contributed by atoms with E-state index in [9.17, 15) is 4.79 Å². The van der Waals surface area contributed by atoms with Gasteiger partial charge in [0.1, 0.15) is 16.9 Å². The Morgan fingerprint density at radius 1 is 1.07 bits per heavy atom. The molecule has 2 amide bonds. The number of para-hydroxylation sites is 1. The molecule has 1 atom stereocenters. The number of allylic oxidation sites excluding steroid dienone is 2. The minimum atomic E-state index is -0.138. The molecule has 0 saturated carbocycles. The minimum Gasteiger partial charge on any atom is -0.457 e. The Balaban J connectivity index is 1.53. The number of aryl methyl sites for hydroxylation is 1. The van der Waals surface area contributed by atoms with Crippen molar-refractivity contribution in [1.82, 2.24) is 10.6 Å². The predicted octanol–water partition coefficient (Wildman–Crippen LogP) is 4.99. The van der Waals surface area contributed by atoms with Crippen LogP contribution in [-0.2, 0) is 0 Å². The summed E-state index contributed by atoms with van der Waals surface area (Å²) in [4.78, 5) is 15.8. The first-order chi connectivity index (χ1) is 13.6. The van der Waals surface area contributed by atoms with E-state index in [1.165, 1.54) is 0 Å². The van der Waals surface area contributed by atoms with Gasteiger partial charge in [0.05, 0.1) is 17.1 Å². The van der Waals surface area contributed by atoms with Crippen LogP contribution < -0.4 is 20.3 Å². The molecular weight excluding hydrogens is 370 g/mol. The lowest BCUT2D eigenvalue weighted by molar-refractivity contribution is 0.249. The average molecular weight is 389 g/mol. The van der Waals surface area contributed by atoms with Crippen LogP contribution in [0.5, 0.6) is 11.5 Å². The van der Waals surface area contributed by atoms with Gasteiger partial charge in [-0.1, -0.05) is 30.0 Å². The molecule has 0 bridgehead atoms. The van der Waals surface area contributed by atoms with Crippen molar-refractivity contribution in [3.8, 4) is 11.5 Å². The number of benzene rings is 2. The zero-order chi connectivity index (χ0) is 19.3. The number of nitrogens with one attached hydrogen (secondary N) is 2.